The molecule has 0 aromatic heterocycles. The van der Waals surface area contributed by atoms with Gasteiger partial charge in [-0.15, -0.1) is 23.2 Å². The lowest BCUT2D eigenvalue weighted by Gasteiger charge is -1.91. The van der Waals surface area contributed by atoms with Gasteiger partial charge in [0.25, 0.3) is 0 Å². The number of allylic oxidation sites excluding steroid dienone is 3. The first-order chi connectivity index (χ1) is 3.81. The van der Waals surface area contributed by atoms with Gasteiger partial charge in [0.2, 0.25) is 0 Å². The fourth-order valence-electron chi connectivity index (χ4n) is 0.251. The van der Waals surface area contributed by atoms with Crippen LogP contribution in [0.4, 0.5) is 0 Å². The van der Waals surface area contributed by atoms with E-state index in [1.807, 2.05) is 0 Å². The van der Waals surface area contributed by atoms with Gasteiger partial charge in [0.1, 0.15) is 0 Å². The Kier molecular flexibility index (Phi) is 5.24. The maximum absolute atomic E-state index is 5.58. The van der Waals surface area contributed by atoms with E-state index in [2.05, 4.69) is 6.58 Å². The summed E-state index contributed by atoms with van der Waals surface area (Å²) in [7, 11) is 0. The summed E-state index contributed by atoms with van der Waals surface area (Å²) in [6, 6.07) is 0. The van der Waals surface area contributed by atoms with Gasteiger partial charge >= 0.3 is 0 Å². The monoisotopic (exact) mass is 150 g/mol. The second kappa shape index (κ2) is 5.20. The molecule has 0 aliphatic heterocycles. The minimum atomic E-state index is -0.0605. The fourth-order valence-corrected chi connectivity index (χ4v) is 0.437. The third-order valence-corrected chi connectivity index (χ3v) is 1.39. The average Bonchev–Trinajstić information content (AvgIpc) is 1.83. The Morgan fingerprint density at radius 1 is 1.62 bits per heavy atom. The van der Waals surface area contributed by atoms with E-state index in [1.165, 1.54) is 0 Å². The van der Waals surface area contributed by atoms with Crippen LogP contribution in [0.1, 0.15) is 0 Å². The Bertz CT molecular complexity index is 86.5. The van der Waals surface area contributed by atoms with E-state index in [0.717, 1.165) is 0 Å². The van der Waals surface area contributed by atoms with E-state index in [1.54, 1.807) is 18.2 Å². The summed E-state index contributed by atoms with van der Waals surface area (Å²) >= 11 is 10.9. The van der Waals surface area contributed by atoms with Crippen LogP contribution in [-0.2, 0) is 0 Å². The van der Waals surface area contributed by atoms with Gasteiger partial charge in [0.05, 0.1) is 5.38 Å². The zero-order chi connectivity index (χ0) is 6.41. The third kappa shape index (κ3) is 4.23. The first kappa shape index (κ1) is 8.06. The standard InChI is InChI=1S/C6H8Cl2/c1-2-3-4-6(8)5-7/h2-4,6H,1,5H2/b4-3+. The van der Waals surface area contributed by atoms with Crippen LogP contribution in [-0.4, -0.2) is 11.3 Å². The van der Waals surface area contributed by atoms with Gasteiger partial charge in [0.15, 0.2) is 0 Å². The SMILES string of the molecule is C=C/C=C/C(Cl)CCl. The molecule has 1 unspecified atom stereocenters. The Morgan fingerprint density at radius 2 is 2.25 bits per heavy atom. The topological polar surface area (TPSA) is 0 Å². The van der Waals surface area contributed by atoms with Crippen molar-refractivity contribution in [2.24, 2.45) is 0 Å². The lowest BCUT2D eigenvalue weighted by Crippen LogP contribution is -1.91. The van der Waals surface area contributed by atoms with Gasteiger partial charge in [-0.05, 0) is 0 Å². The number of hydrogen-bond donors (Lipinski definition) is 0. The molecule has 8 heavy (non-hydrogen) atoms. The molecule has 0 nitrogen and oxygen atoms in total. The smallest absolute Gasteiger partial charge is 0.0654 e. The summed E-state index contributed by atoms with van der Waals surface area (Å²) < 4.78 is 0. The van der Waals surface area contributed by atoms with Crippen molar-refractivity contribution in [1.29, 1.82) is 0 Å². The Balaban J connectivity index is 3.35. The number of halogens is 2. The van der Waals surface area contributed by atoms with E-state index in [9.17, 15) is 0 Å². The van der Waals surface area contributed by atoms with Crippen LogP contribution in [0.2, 0.25) is 0 Å². The normalized spacial score (nSPS) is 14.2. The average molecular weight is 151 g/mol. The van der Waals surface area contributed by atoms with Crippen molar-refractivity contribution < 1.29 is 0 Å². The summed E-state index contributed by atoms with van der Waals surface area (Å²) in [5.74, 6) is 0.450. The molecular weight excluding hydrogens is 143 g/mol. The Morgan fingerprint density at radius 3 is 2.62 bits per heavy atom. The van der Waals surface area contributed by atoms with Crippen molar-refractivity contribution >= 4 is 23.2 Å². The molecule has 0 rings (SSSR count). The van der Waals surface area contributed by atoms with Crippen LogP contribution in [0.25, 0.3) is 0 Å². The van der Waals surface area contributed by atoms with Gasteiger partial charge in [-0.25, -0.2) is 0 Å². The van der Waals surface area contributed by atoms with Crippen molar-refractivity contribution in [3.63, 3.8) is 0 Å². The zero-order valence-electron chi connectivity index (χ0n) is 4.48. The first-order valence-electron chi connectivity index (χ1n) is 2.30. The molecule has 0 heterocycles. The Labute approximate surface area is 59.8 Å². The summed E-state index contributed by atoms with van der Waals surface area (Å²) in [6.45, 7) is 3.48. The van der Waals surface area contributed by atoms with Gasteiger partial charge in [0, 0.05) is 5.88 Å². The predicted molar refractivity (Wildman–Crippen MR) is 39.7 cm³/mol. The molecule has 0 spiro atoms. The van der Waals surface area contributed by atoms with Crippen LogP contribution >= 0.6 is 23.2 Å². The van der Waals surface area contributed by atoms with Crippen molar-refractivity contribution in [3.05, 3.63) is 24.8 Å². The molecule has 46 valence electrons. The highest BCUT2D eigenvalue weighted by Gasteiger charge is 1.91. The van der Waals surface area contributed by atoms with Crippen LogP contribution in [0.5, 0.6) is 0 Å². The lowest BCUT2D eigenvalue weighted by molar-refractivity contribution is 1.24. The van der Waals surface area contributed by atoms with E-state index < -0.39 is 0 Å². The molecule has 0 saturated heterocycles. The third-order valence-electron chi connectivity index (χ3n) is 0.603. The van der Waals surface area contributed by atoms with Crippen LogP contribution in [0.3, 0.4) is 0 Å². The molecular formula is C6H8Cl2. The molecule has 0 aliphatic carbocycles. The van der Waals surface area contributed by atoms with Gasteiger partial charge < -0.3 is 0 Å². The fraction of sp³-hybridized carbons (Fsp3) is 0.333. The molecule has 0 bridgehead atoms. The summed E-state index contributed by atoms with van der Waals surface area (Å²) in [5.41, 5.74) is 0. The first-order valence-corrected chi connectivity index (χ1v) is 3.27. The molecule has 0 saturated carbocycles. The Hall–Kier alpha value is 0.0600. The van der Waals surface area contributed by atoms with E-state index in [0.29, 0.717) is 5.88 Å². The largest absolute Gasteiger partial charge is 0.125 e. The zero-order valence-corrected chi connectivity index (χ0v) is 5.99. The second-order valence-electron chi connectivity index (χ2n) is 1.29. The molecule has 0 aliphatic rings. The van der Waals surface area contributed by atoms with Crippen LogP contribution in [0.15, 0.2) is 24.8 Å². The van der Waals surface area contributed by atoms with Gasteiger partial charge in [-0.1, -0.05) is 24.8 Å². The summed E-state index contributed by atoms with van der Waals surface area (Å²) in [4.78, 5) is 0. The van der Waals surface area contributed by atoms with Crippen LogP contribution < -0.4 is 0 Å². The highest BCUT2D eigenvalue weighted by atomic mass is 35.5. The van der Waals surface area contributed by atoms with E-state index in [4.69, 9.17) is 23.2 Å². The van der Waals surface area contributed by atoms with E-state index in [-0.39, 0.29) is 5.38 Å². The van der Waals surface area contributed by atoms with Gasteiger partial charge in [-0.3, -0.25) is 0 Å². The maximum Gasteiger partial charge on any atom is 0.0654 e. The molecule has 0 aromatic carbocycles. The highest BCUT2D eigenvalue weighted by Crippen LogP contribution is 1.99. The predicted octanol–water partition coefficient (Wildman–Crippen LogP) is 2.57. The summed E-state index contributed by atoms with van der Waals surface area (Å²) in [5, 5.41) is -0.0605. The molecule has 0 aromatic rings. The molecule has 0 radical (unpaired) electrons. The van der Waals surface area contributed by atoms with E-state index >= 15 is 0 Å². The van der Waals surface area contributed by atoms with Gasteiger partial charge in [-0.2, -0.15) is 0 Å². The van der Waals surface area contributed by atoms with Crippen molar-refractivity contribution in [2.45, 2.75) is 5.38 Å². The minimum Gasteiger partial charge on any atom is -0.125 e. The number of rotatable bonds is 3. The molecule has 2 heteroatoms. The molecule has 0 fully saturated rings. The number of hydrogen-bond acceptors (Lipinski definition) is 0. The lowest BCUT2D eigenvalue weighted by atomic mass is 10.4. The molecule has 0 amide bonds. The van der Waals surface area contributed by atoms with Crippen LogP contribution in [0, 0.1) is 0 Å². The molecule has 0 N–H and O–H groups in total. The highest BCUT2D eigenvalue weighted by molar-refractivity contribution is 6.28. The quantitative estimate of drug-likeness (QED) is 0.429. The van der Waals surface area contributed by atoms with Crippen molar-refractivity contribution in [3.8, 4) is 0 Å². The minimum absolute atomic E-state index is 0.0605. The molecule has 1 atom stereocenters. The van der Waals surface area contributed by atoms with Crippen molar-refractivity contribution in [1.82, 2.24) is 0 Å². The summed E-state index contributed by atoms with van der Waals surface area (Å²) in [6.07, 6.45) is 5.24. The second-order valence-corrected chi connectivity index (χ2v) is 2.16. The van der Waals surface area contributed by atoms with Crippen molar-refractivity contribution in [2.75, 3.05) is 5.88 Å². The number of alkyl halides is 2. The maximum atomic E-state index is 5.58.